The minimum atomic E-state index is 0.0708. The zero-order valence-corrected chi connectivity index (χ0v) is 13.5. The first kappa shape index (κ1) is 15.6. The lowest BCUT2D eigenvalue weighted by Crippen LogP contribution is -2.62. The number of urea groups is 1. The van der Waals surface area contributed by atoms with Gasteiger partial charge in [-0.3, -0.25) is 4.90 Å². The quantitative estimate of drug-likeness (QED) is 0.823. The summed E-state index contributed by atoms with van der Waals surface area (Å²) < 4.78 is 0. The summed E-state index contributed by atoms with van der Waals surface area (Å²) in [6.45, 7) is 10.7. The molecule has 0 radical (unpaired) electrons. The molecule has 0 aromatic rings. The highest BCUT2D eigenvalue weighted by molar-refractivity contribution is 5.74. The number of carbonyl (C=O) groups excluding carboxylic acids is 1. The summed E-state index contributed by atoms with van der Waals surface area (Å²) in [6, 6.07) is 0.136. The van der Waals surface area contributed by atoms with Crippen molar-refractivity contribution < 1.29 is 4.79 Å². The lowest BCUT2D eigenvalue weighted by atomic mass is 9.93. The Hall–Kier alpha value is -0.810. The number of nitrogens with zero attached hydrogens (tertiary/aromatic N) is 3. The van der Waals surface area contributed by atoms with Gasteiger partial charge in [0.2, 0.25) is 0 Å². The SMILES string of the molecule is CN(C)C(=O)N1CCN(CC2CCCNC2)C(C)(C)C1. The Morgan fingerprint density at radius 1 is 1.35 bits per heavy atom. The molecule has 2 rings (SSSR count). The van der Waals surface area contributed by atoms with Crippen LogP contribution in [0.15, 0.2) is 0 Å². The average molecular weight is 282 g/mol. The van der Waals surface area contributed by atoms with Crippen molar-refractivity contribution in [2.45, 2.75) is 32.2 Å². The Morgan fingerprint density at radius 3 is 2.65 bits per heavy atom. The molecule has 0 saturated carbocycles. The minimum Gasteiger partial charge on any atom is -0.331 e. The third kappa shape index (κ3) is 3.64. The smallest absolute Gasteiger partial charge is 0.319 e. The number of hydrogen-bond donors (Lipinski definition) is 1. The molecule has 2 amide bonds. The lowest BCUT2D eigenvalue weighted by Gasteiger charge is -2.49. The third-order valence-electron chi connectivity index (χ3n) is 4.60. The fraction of sp³-hybridized carbons (Fsp3) is 0.933. The van der Waals surface area contributed by atoms with Gasteiger partial charge in [-0.15, -0.1) is 0 Å². The predicted octanol–water partition coefficient (Wildman–Crippen LogP) is 1.06. The summed E-state index contributed by atoms with van der Waals surface area (Å²) in [6.07, 6.45) is 2.63. The first-order valence-corrected chi connectivity index (χ1v) is 7.82. The van der Waals surface area contributed by atoms with Crippen LogP contribution in [0.4, 0.5) is 4.79 Å². The number of carbonyl (C=O) groups is 1. The van der Waals surface area contributed by atoms with E-state index < -0.39 is 0 Å². The van der Waals surface area contributed by atoms with Crippen LogP contribution in [-0.4, -0.2) is 79.6 Å². The molecule has 2 heterocycles. The Bertz CT molecular complexity index is 337. The predicted molar refractivity (Wildman–Crippen MR) is 81.9 cm³/mol. The van der Waals surface area contributed by atoms with E-state index in [-0.39, 0.29) is 11.6 Å². The van der Waals surface area contributed by atoms with Crippen LogP contribution in [0.3, 0.4) is 0 Å². The maximum Gasteiger partial charge on any atom is 0.319 e. The van der Waals surface area contributed by atoms with Crippen molar-refractivity contribution in [3.8, 4) is 0 Å². The number of amides is 2. The van der Waals surface area contributed by atoms with E-state index in [1.807, 2.05) is 19.0 Å². The first-order valence-electron chi connectivity index (χ1n) is 7.82. The van der Waals surface area contributed by atoms with E-state index >= 15 is 0 Å². The zero-order chi connectivity index (χ0) is 14.8. The molecule has 1 atom stereocenters. The molecule has 2 saturated heterocycles. The molecule has 20 heavy (non-hydrogen) atoms. The fourth-order valence-electron chi connectivity index (χ4n) is 3.37. The van der Waals surface area contributed by atoms with Gasteiger partial charge < -0.3 is 15.1 Å². The molecule has 2 fully saturated rings. The Morgan fingerprint density at radius 2 is 2.10 bits per heavy atom. The minimum absolute atomic E-state index is 0.0708. The normalized spacial score (nSPS) is 27.4. The molecule has 0 aliphatic carbocycles. The van der Waals surface area contributed by atoms with Crippen LogP contribution < -0.4 is 5.32 Å². The molecule has 2 aliphatic rings. The molecule has 1 unspecified atom stereocenters. The summed E-state index contributed by atoms with van der Waals surface area (Å²) in [5, 5.41) is 3.50. The van der Waals surface area contributed by atoms with Crippen LogP contribution in [0.5, 0.6) is 0 Å². The van der Waals surface area contributed by atoms with Gasteiger partial charge in [-0.1, -0.05) is 0 Å². The summed E-state index contributed by atoms with van der Waals surface area (Å²) in [7, 11) is 3.66. The average Bonchev–Trinajstić information content (AvgIpc) is 2.41. The molecule has 2 aliphatic heterocycles. The largest absolute Gasteiger partial charge is 0.331 e. The standard InChI is InChI=1S/C15H30N4O/c1-15(2)12-18(14(20)17(3)4)8-9-19(15)11-13-6-5-7-16-10-13/h13,16H,5-12H2,1-4H3. The van der Waals surface area contributed by atoms with Crippen molar-refractivity contribution in [1.82, 2.24) is 20.0 Å². The lowest BCUT2D eigenvalue weighted by molar-refractivity contribution is 0.0171. The molecule has 1 N–H and O–H groups in total. The molecule has 0 spiro atoms. The van der Waals surface area contributed by atoms with Gasteiger partial charge in [0, 0.05) is 45.8 Å². The molecular weight excluding hydrogens is 252 g/mol. The van der Waals surface area contributed by atoms with Gasteiger partial charge in [-0.25, -0.2) is 4.79 Å². The molecule has 5 nitrogen and oxygen atoms in total. The summed E-state index contributed by atoms with van der Waals surface area (Å²) in [5.74, 6) is 0.763. The summed E-state index contributed by atoms with van der Waals surface area (Å²) in [5.41, 5.74) is 0.0708. The number of nitrogens with one attached hydrogen (secondary N) is 1. The number of rotatable bonds is 2. The topological polar surface area (TPSA) is 38.8 Å². The molecule has 116 valence electrons. The Kier molecular flexibility index (Phi) is 4.91. The van der Waals surface area contributed by atoms with E-state index in [0.29, 0.717) is 0 Å². The van der Waals surface area contributed by atoms with Crippen molar-refractivity contribution in [3.63, 3.8) is 0 Å². The second-order valence-corrected chi connectivity index (χ2v) is 7.07. The second kappa shape index (κ2) is 6.31. The molecule has 0 aromatic heterocycles. The number of hydrogen-bond acceptors (Lipinski definition) is 3. The van der Waals surface area contributed by atoms with E-state index in [1.54, 1.807) is 4.90 Å². The van der Waals surface area contributed by atoms with Gasteiger partial charge in [-0.05, 0) is 45.7 Å². The van der Waals surface area contributed by atoms with Crippen LogP contribution in [-0.2, 0) is 0 Å². The van der Waals surface area contributed by atoms with Crippen molar-refractivity contribution in [3.05, 3.63) is 0 Å². The van der Waals surface area contributed by atoms with E-state index in [2.05, 4.69) is 24.1 Å². The van der Waals surface area contributed by atoms with Crippen LogP contribution in [0, 0.1) is 5.92 Å². The molecule has 0 bridgehead atoms. The highest BCUT2D eigenvalue weighted by Crippen LogP contribution is 2.24. The fourth-order valence-corrected chi connectivity index (χ4v) is 3.37. The highest BCUT2D eigenvalue weighted by Gasteiger charge is 2.36. The van der Waals surface area contributed by atoms with Crippen LogP contribution in [0.25, 0.3) is 0 Å². The number of piperidine rings is 1. The third-order valence-corrected chi connectivity index (χ3v) is 4.60. The van der Waals surface area contributed by atoms with Crippen molar-refractivity contribution >= 4 is 6.03 Å². The molecule has 5 heteroatoms. The van der Waals surface area contributed by atoms with Crippen molar-refractivity contribution in [2.75, 3.05) is 53.4 Å². The zero-order valence-electron chi connectivity index (χ0n) is 13.5. The summed E-state index contributed by atoms with van der Waals surface area (Å²) >= 11 is 0. The van der Waals surface area contributed by atoms with Gasteiger partial charge in [0.25, 0.3) is 0 Å². The maximum atomic E-state index is 12.1. The van der Waals surface area contributed by atoms with E-state index in [1.165, 1.54) is 19.4 Å². The number of piperazine rings is 1. The van der Waals surface area contributed by atoms with Gasteiger partial charge >= 0.3 is 6.03 Å². The van der Waals surface area contributed by atoms with Gasteiger partial charge in [0.1, 0.15) is 0 Å². The van der Waals surface area contributed by atoms with Crippen LogP contribution in [0.2, 0.25) is 0 Å². The monoisotopic (exact) mass is 282 g/mol. The Labute approximate surface area is 123 Å². The highest BCUT2D eigenvalue weighted by atomic mass is 16.2. The van der Waals surface area contributed by atoms with Gasteiger partial charge in [-0.2, -0.15) is 0 Å². The summed E-state index contributed by atoms with van der Waals surface area (Å²) in [4.78, 5) is 18.3. The molecular formula is C15H30N4O. The van der Waals surface area contributed by atoms with E-state index in [4.69, 9.17) is 0 Å². The van der Waals surface area contributed by atoms with Crippen LogP contribution >= 0.6 is 0 Å². The van der Waals surface area contributed by atoms with Gasteiger partial charge in [0.05, 0.1) is 0 Å². The maximum absolute atomic E-state index is 12.1. The Balaban J connectivity index is 1.91. The van der Waals surface area contributed by atoms with E-state index in [9.17, 15) is 4.79 Å². The van der Waals surface area contributed by atoms with Crippen LogP contribution in [0.1, 0.15) is 26.7 Å². The van der Waals surface area contributed by atoms with Crippen molar-refractivity contribution in [2.24, 2.45) is 5.92 Å². The van der Waals surface area contributed by atoms with Gasteiger partial charge in [0.15, 0.2) is 0 Å². The second-order valence-electron chi connectivity index (χ2n) is 7.07. The molecule has 0 aromatic carbocycles. The van der Waals surface area contributed by atoms with E-state index in [0.717, 1.165) is 38.6 Å². The van der Waals surface area contributed by atoms with Crippen molar-refractivity contribution in [1.29, 1.82) is 0 Å². The first-order chi connectivity index (χ1) is 9.40.